The normalized spacial score (nSPS) is 18.2. The van der Waals surface area contributed by atoms with Gasteiger partial charge in [-0.2, -0.15) is 0 Å². The third-order valence-electron chi connectivity index (χ3n) is 8.91. The van der Waals surface area contributed by atoms with E-state index in [4.69, 9.17) is 9.47 Å². The van der Waals surface area contributed by atoms with Gasteiger partial charge in [0.1, 0.15) is 17.7 Å². The van der Waals surface area contributed by atoms with Gasteiger partial charge in [0, 0.05) is 60.0 Å². The van der Waals surface area contributed by atoms with Crippen molar-refractivity contribution in [1.29, 1.82) is 0 Å². The molecule has 2 aromatic carbocycles. The van der Waals surface area contributed by atoms with Gasteiger partial charge in [0.2, 0.25) is 5.91 Å². The van der Waals surface area contributed by atoms with Crippen LogP contribution < -0.4 is 10.2 Å². The molecular formula is C32H38F4N4O4S. The summed E-state index contributed by atoms with van der Waals surface area (Å²) in [4.78, 5) is 21.8. The van der Waals surface area contributed by atoms with Gasteiger partial charge in [-0.3, -0.25) is 19.9 Å². The SMILES string of the molecule is COc1ccc2ncc(CN3CCOCC3)c(C(F)CCC3(C(=O)NO)CCN(CCSc4cc(F)cc(F)c4F)CC3)c2c1. The number of methoxy groups -OCH3 is 1. The Morgan fingerprint density at radius 3 is 2.60 bits per heavy atom. The molecule has 2 saturated heterocycles. The van der Waals surface area contributed by atoms with Crippen molar-refractivity contribution in [3.63, 3.8) is 0 Å². The Bertz CT molecular complexity index is 1490. The Morgan fingerprint density at radius 1 is 1.13 bits per heavy atom. The first kappa shape index (κ1) is 33.4. The number of piperidine rings is 1. The zero-order valence-corrected chi connectivity index (χ0v) is 26.0. The minimum absolute atomic E-state index is 0.0557. The van der Waals surface area contributed by atoms with E-state index in [1.165, 1.54) is 0 Å². The summed E-state index contributed by atoms with van der Waals surface area (Å²) in [7, 11) is 1.56. The minimum atomic E-state index is -1.40. The van der Waals surface area contributed by atoms with Gasteiger partial charge in [0.25, 0.3) is 0 Å². The maximum Gasteiger partial charge on any atom is 0.249 e. The van der Waals surface area contributed by atoms with Crippen LogP contribution in [0.3, 0.4) is 0 Å². The molecule has 3 aromatic rings. The van der Waals surface area contributed by atoms with Crippen molar-refractivity contribution >= 4 is 28.6 Å². The molecule has 0 bridgehead atoms. The van der Waals surface area contributed by atoms with Gasteiger partial charge in [-0.15, -0.1) is 11.8 Å². The fourth-order valence-electron chi connectivity index (χ4n) is 6.24. The maximum absolute atomic E-state index is 16.5. The number of nitrogens with zero attached hydrogens (tertiary/aromatic N) is 3. The molecule has 2 fully saturated rings. The average molecular weight is 651 g/mol. The lowest BCUT2D eigenvalue weighted by atomic mass is 9.73. The number of carbonyl (C=O) groups excluding carboxylic acids is 1. The zero-order valence-electron chi connectivity index (χ0n) is 25.2. The third kappa shape index (κ3) is 7.89. The number of aromatic nitrogens is 1. The molecule has 5 rings (SSSR count). The number of fused-ring (bicyclic) bond motifs is 1. The van der Waals surface area contributed by atoms with E-state index in [1.54, 1.807) is 37.0 Å². The second-order valence-corrected chi connectivity index (χ2v) is 12.7. The molecule has 45 heavy (non-hydrogen) atoms. The molecule has 2 N–H and O–H groups in total. The van der Waals surface area contributed by atoms with Crippen LogP contribution in [0.5, 0.6) is 5.75 Å². The van der Waals surface area contributed by atoms with E-state index in [-0.39, 0.29) is 17.7 Å². The van der Waals surface area contributed by atoms with E-state index >= 15 is 4.39 Å². The fraction of sp³-hybridized carbons (Fsp3) is 0.500. The van der Waals surface area contributed by atoms with Crippen molar-refractivity contribution < 1.29 is 37.0 Å². The zero-order chi connectivity index (χ0) is 32.0. The molecule has 2 aliphatic heterocycles. The minimum Gasteiger partial charge on any atom is -0.497 e. The Labute approximate surface area is 264 Å². The molecule has 244 valence electrons. The van der Waals surface area contributed by atoms with E-state index in [0.29, 0.717) is 86.3 Å². The number of amides is 1. The Morgan fingerprint density at radius 2 is 1.89 bits per heavy atom. The van der Waals surface area contributed by atoms with E-state index in [1.807, 2.05) is 0 Å². The lowest BCUT2D eigenvalue weighted by Gasteiger charge is -2.40. The van der Waals surface area contributed by atoms with E-state index in [9.17, 15) is 23.2 Å². The number of ether oxygens (including phenoxy) is 2. The quantitative estimate of drug-likeness (QED) is 0.0854. The molecule has 0 saturated carbocycles. The lowest BCUT2D eigenvalue weighted by molar-refractivity contribution is -0.143. The predicted molar refractivity (Wildman–Crippen MR) is 163 cm³/mol. The number of halogens is 4. The van der Waals surface area contributed by atoms with Gasteiger partial charge < -0.3 is 14.4 Å². The summed E-state index contributed by atoms with van der Waals surface area (Å²) in [5.74, 6) is -2.71. The van der Waals surface area contributed by atoms with Gasteiger partial charge in [0.05, 0.1) is 31.3 Å². The molecule has 3 heterocycles. The van der Waals surface area contributed by atoms with E-state index < -0.39 is 34.9 Å². The predicted octanol–water partition coefficient (Wildman–Crippen LogP) is 5.66. The smallest absolute Gasteiger partial charge is 0.249 e. The van der Waals surface area contributed by atoms with E-state index in [0.717, 1.165) is 36.5 Å². The summed E-state index contributed by atoms with van der Waals surface area (Å²) in [6, 6.07) is 6.86. The molecule has 1 aromatic heterocycles. The topological polar surface area (TPSA) is 87.2 Å². The number of benzene rings is 2. The Balaban J connectivity index is 1.27. The molecule has 1 atom stereocenters. The number of carbonyl (C=O) groups is 1. The second kappa shape index (κ2) is 15.1. The standard InChI is InChI=1S/C32H38F4N4O4S/c1-43-23-2-3-27-24(18-23)29(21(19-37-27)20-40-10-13-44-14-11-40)25(34)4-5-32(31(41)38-42)6-8-39(9-7-32)12-15-45-28-17-22(33)16-26(35)30(28)36/h2-3,16-19,25,42H,4-15,20H2,1H3,(H,38,41). The van der Waals surface area contributed by atoms with Crippen molar-refractivity contribution in [1.82, 2.24) is 20.3 Å². The number of rotatable bonds is 12. The van der Waals surface area contributed by atoms with Crippen LogP contribution >= 0.6 is 11.8 Å². The van der Waals surface area contributed by atoms with Crippen molar-refractivity contribution in [2.75, 3.05) is 58.8 Å². The number of thioether (sulfide) groups is 1. The first-order chi connectivity index (χ1) is 21.7. The van der Waals surface area contributed by atoms with Crippen LogP contribution in [0.2, 0.25) is 0 Å². The number of hydroxylamine groups is 1. The molecule has 1 unspecified atom stereocenters. The summed E-state index contributed by atoms with van der Waals surface area (Å²) in [6.07, 6.45) is 1.35. The van der Waals surface area contributed by atoms with Gasteiger partial charge in [-0.05, 0) is 68.6 Å². The highest BCUT2D eigenvalue weighted by Gasteiger charge is 2.41. The van der Waals surface area contributed by atoms with Crippen LogP contribution in [0.4, 0.5) is 17.6 Å². The summed E-state index contributed by atoms with van der Waals surface area (Å²) in [5.41, 5.74) is 2.77. The number of hydrogen-bond acceptors (Lipinski definition) is 8. The first-order valence-corrected chi connectivity index (χ1v) is 16.1. The van der Waals surface area contributed by atoms with Crippen LogP contribution in [0, 0.1) is 22.9 Å². The molecule has 8 nitrogen and oxygen atoms in total. The van der Waals surface area contributed by atoms with Crippen LogP contribution in [0.15, 0.2) is 41.4 Å². The van der Waals surface area contributed by atoms with Gasteiger partial charge >= 0.3 is 0 Å². The number of nitrogens with one attached hydrogen (secondary N) is 1. The van der Waals surface area contributed by atoms with Crippen LogP contribution in [0.25, 0.3) is 10.9 Å². The fourth-order valence-corrected chi connectivity index (χ4v) is 7.23. The van der Waals surface area contributed by atoms with Gasteiger partial charge in [-0.1, -0.05) is 0 Å². The average Bonchev–Trinajstić information content (AvgIpc) is 3.06. The molecule has 0 aliphatic carbocycles. The first-order valence-electron chi connectivity index (χ1n) is 15.1. The van der Waals surface area contributed by atoms with Crippen LogP contribution in [0.1, 0.15) is 43.0 Å². The van der Waals surface area contributed by atoms with Crippen LogP contribution in [-0.2, 0) is 16.1 Å². The number of likely N-dealkylation sites (tertiary alicyclic amines) is 1. The Hall–Kier alpha value is -2.97. The number of alkyl halides is 1. The highest BCUT2D eigenvalue weighted by molar-refractivity contribution is 7.99. The molecule has 0 spiro atoms. The van der Waals surface area contributed by atoms with E-state index in [2.05, 4.69) is 14.8 Å². The highest BCUT2D eigenvalue weighted by Crippen LogP contribution is 2.42. The largest absolute Gasteiger partial charge is 0.497 e. The summed E-state index contributed by atoms with van der Waals surface area (Å²) >= 11 is 1.02. The van der Waals surface area contributed by atoms with Crippen molar-refractivity contribution in [2.45, 2.75) is 43.3 Å². The summed E-state index contributed by atoms with van der Waals surface area (Å²) in [6.45, 7) is 4.67. The molecular weight excluding hydrogens is 612 g/mol. The van der Waals surface area contributed by atoms with Crippen LogP contribution in [-0.4, -0.2) is 84.7 Å². The second-order valence-electron chi connectivity index (χ2n) is 11.6. The molecule has 0 radical (unpaired) electrons. The molecule has 13 heteroatoms. The maximum atomic E-state index is 16.5. The van der Waals surface area contributed by atoms with Gasteiger partial charge in [-0.25, -0.2) is 23.0 Å². The number of hydrogen-bond donors (Lipinski definition) is 2. The summed E-state index contributed by atoms with van der Waals surface area (Å²) in [5, 5.41) is 10.3. The number of pyridine rings is 1. The monoisotopic (exact) mass is 650 g/mol. The van der Waals surface area contributed by atoms with Gasteiger partial charge in [0.15, 0.2) is 11.6 Å². The molecule has 1 amide bonds. The van der Waals surface area contributed by atoms with Crippen molar-refractivity contribution in [2.24, 2.45) is 5.41 Å². The lowest BCUT2D eigenvalue weighted by Crippen LogP contribution is -2.48. The number of morpholine rings is 1. The highest BCUT2D eigenvalue weighted by atomic mass is 32.2. The molecule has 2 aliphatic rings. The Kier molecular flexibility index (Phi) is 11.2. The third-order valence-corrected chi connectivity index (χ3v) is 9.90. The van der Waals surface area contributed by atoms with Crippen molar-refractivity contribution in [3.05, 3.63) is 65.1 Å². The van der Waals surface area contributed by atoms with Crippen molar-refractivity contribution in [3.8, 4) is 5.75 Å². The summed E-state index contributed by atoms with van der Waals surface area (Å²) < 4.78 is 68.5.